The number of ether oxygens (including phenoxy) is 1. The predicted molar refractivity (Wildman–Crippen MR) is 79.6 cm³/mol. The topological polar surface area (TPSA) is 21.3 Å². The summed E-state index contributed by atoms with van der Waals surface area (Å²) in [5.41, 5.74) is 1.28. The Balaban J connectivity index is 1.99. The number of hydrogen-bond acceptors (Lipinski definition) is 2. The third kappa shape index (κ3) is 2.59. The molecule has 0 bridgehead atoms. The van der Waals surface area contributed by atoms with E-state index in [1.54, 1.807) is 0 Å². The van der Waals surface area contributed by atoms with Crippen LogP contribution in [-0.2, 0) is 6.54 Å². The molecule has 0 amide bonds. The van der Waals surface area contributed by atoms with E-state index in [1.165, 1.54) is 42.0 Å². The van der Waals surface area contributed by atoms with Gasteiger partial charge in [-0.05, 0) is 49.6 Å². The van der Waals surface area contributed by atoms with Crippen molar-refractivity contribution in [2.24, 2.45) is 0 Å². The summed E-state index contributed by atoms with van der Waals surface area (Å²) in [6.45, 7) is 0.851. The molecule has 1 saturated carbocycles. The minimum Gasteiger partial charge on any atom is -0.490 e. The first-order valence-corrected chi connectivity index (χ1v) is 7.20. The molecule has 3 rings (SSSR count). The number of hydrogen-bond donors (Lipinski definition) is 1. The summed E-state index contributed by atoms with van der Waals surface area (Å²) >= 11 is 0. The van der Waals surface area contributed by atoms with Crippen LogP contribution in [0, 0.1) is 0 Å². The van der Waals surface area contributed by atoms with Crippen molar-refractivity contribution in [3.63, 3.8) is 0 Å². The Morgan fingerprint density at radius 3 is 2.68 bits per heavy atom. The molecule has 0 saturated heterocycles. The van der Waals surface area contributed by atoms with Crippen molar-refractivity contribution in [1.29, 1.82) is 0 Å². The van der Waals surface area contributed by atoms with Crippen molar-refractivity contribution in [3.05, 3.63) is 42.0 Å². The molecular weight excluding hydrogens is 234 g/mol. The molecule has 0 heterocycles. The summed E-state index contributed by atoms with van der Waals surface area (Å²) < 4.78 is 6.23. The zero-order valence-corrected chi connectivity index (χ0v) is 11.5. The molecule has 100 valence electrons. The lowest BCUT2D eigenvalue weighted by atomic mass is 10.0. The average molecular weight is 255 g/mol. The van der Waals surface area contributed by atoms with E-state index in [0.717, 1.165) is 12.3 Å². The van der Waals surface area contributed by atoms with Gasteiger partial charge in [-0.25, -0.2) is 0 Å². The predicted octanol–water partition coefficient (Wildman–Crippen LogP) is 3.88. The molecule has 2 heteroatoms. The summed E-state index contributed by atoms with van der Waals surface area (Å²) in [6, 6.07) is 12.8. The van der Waals surface area contributed by atoms with Crippen molar-refractivity contribution in [2.45, 2.75) is 38.3 Å². The van der Waals surface area contributed by atoms with E-state index in [1.807, 2.05) is 7.05 Å². The van der Waals surface area contributed by atoms with Crippen LogP contribution in [0.3, 0.4) is 0 Å². The van der Waals surface area contributed by atoms with Gasteiger partial charge < -0.3 is 10.1 Å². The Morgan fingerprint density at radius 1 is 1.11 bits per heavy atom. The van der Waals surface area contributed by atoms with E-state index in [9.17, 15) is 0 Å². The van der Waals surface area contributed by atoms with Gasteiger partial charge in [0, 0.05) is 12.1 Å². The minimum absolute atomic E-state index is 0.414. The van der Waals surface area contributed by atoms with Crippen LogP contribution in [0.25, 0.3) is 10.8 Å². The molecule has 0 aromatic heterocycles. The third-order valence-electron chi connectivity index (χ3n) is 3.95. The van der Waals surface area contributed by atoms with Crippen LogP contribution < -0.4 is 10.1 Å². The Kier molecular flexibility index (Phi) is 3.69. The molecule has 0 aliphatic heterocycles. The first-order chi connectivity index (χ1) is 9.38. The molecule has 1 N–H and O–H groups in total. The van der Waals surface area contributed by atoms with Crippen LogP contribution in [0.2, 0.25) is 0 Å². The largest absolute Gasteiger partial charge is 0.490 e. The Bertz CT molecular complexity index is 558. The number of nitrogens with one attached hydrogen (secondary N) is 1. The van der Waals surface area contributed by atoms with Crippen LogP contribution in [0.15, 0.2) is 36.4 Å². The summed E-state index contributed by atoms with van der Waals surface area (Å²) in [4.78, 5) is 0. The highest BCUT2D eigenvalue weighted by Gasteiger charge is 2.18. The van der Waals surface area contributed by atoms with Gasteiger partial charge in [-0.1, -0.05) is 30.3 Å². The summed E-state index contributed by atoms with van der Waals surface area (Å²) in [7, 11) is 1.99. The second-order valence-corrected chi connectivity index (χ2v) is 5.32. The van der Waals surface area contributed by atoms with Crippen LogP contribution in [-0.4, -0.2) is 13.2 Å². The van der Waals surface area contributed by atoms with Gasteiger partial charge in [0.1, 0.15) is 5.75 Å². The van der Waals surface area contributed by atoms with Gasteiger partial charge in [0.25, 0.3) is 0 Å². The zero-order valence-electron chi connectivity index (χ0n) is 11.5. The lowest BCUT2D eigenvalue weighted by Crippen LogP contribution is -2.14. The first kappa shape index (κ1) is 12.5. The second-order valence-electron chi connectivity index (χ2n) is 5.32. The minimum atomic E-state index is 0.414. The lowest BCUT2D eigenvalue weighted by molar-refractivity contribution is 0.208. The molecule has 0 radical (unpaired) electrons. The van der Waals surface area contributed by atoms with Gasteiger partial charge in [-0.3, -0.25) is 0 Å². The fourth-order valence-electron chi connectivity index (χ4n) is 2.97. The van der Waals surface area contributed by atoms with E-state index < -0.39 is 0 Å². The van der Waals surface area contributed by atoms with E-state index in [4.69, 9.17) is 4.74 Å². The molecule has 19 heavy (non-hydrogen) atoms. The van der Waals surface area contributed by atoms with Gasteiger partial charge in [0.05, 0.1) is 6.10 Å². The quantitative estimate of drug-likeness (QED) is 0.895. The van der Waals surface area contributed by atoms with Crippen LogP contribution in [0.1, 0.15) is 31.2 Å². The number of fused-ring (bicyclic) bond motifs is 1. The number of benzene rings is 2. The smallest absolute Gasteiger partial charge is 0.124 e. The SMILES string of the molecule is CNCc1c(OC2CCCC2)ccc2ccccc12. The monoisotopic (exact) mass is 255 g/mol. The highest BCUT2D eigenvalue weighted by Crippen LogP contribution is 2.31. The van der Waals surface area contributed by atoms with Crippen molar-refractivity contribution in [1.82, 2.24) is 5.32 Å². The van der Waals surface area contributed by atoms with Crippen LogP contribution >= 0.6 is 0 Å². The molecule has 2 aromatic carbocycles. The zero-order chi connectivity index (χ0) is 13.1. The van der Waals surface area contributed by atoms with Gasteiger partial charge in [0.2, 0.25) is 0 Å². The molecule has 2 nitrogen and oxygen atoms in total. The molecule has 0 unspecified atom stereocenters. The maximum absolute atomic E-state index is 6.23. The molecule has 0 atom stereocenters. The summed E-state index contributed by atoms with van der Waals surface area (Å²) in [5.74, 6) is 1.06. The maximum atomic E-state index is 6.23. The van der Waals surface area contributed by atoms with Gasteiger partial charge in [0.15, 0.2) is 0 Å². The van der Waals surface area contributed by atoms with Gasteiger partial charge in [-0.15, -0.1) is 0 Å². The van der Waals surface area contributed by atoms with Crippen molar-refractivity contribution in [3.8, 4) is 5.75 Å². The Hall–Kier alpha value is -1.54. The second kappa shape index (κ2) is 5.62. The van der Waals surface area contributed by atoms with E-state index in [0.29, 0.717) is 6.10 Å². The van der Waals surface area contributed by atoms with Gasteiger partial charge >= 0.3 is 0 Å². The van der Waals surface area contributed by atoms with E-state index in [-0.39, 0.29) is 0 Å². The normalized spacial score (nSPS) is 16.1. The van der Waals surface area contributed by atoms with Crippen LogP contribution in [0.4, 0.5) is 0 Å². The standard InChI is InChI=1S/C17H21NO/c1-18-12-16-15-9-5-2-6-13(15)10-11-17(16)19-14-7-3-4-8-14/h2,5-6,9-11,14,18H,3-4,7-8,12H2,1H3. The van der Waals surface area contributed by atoms with E-state index in [2.05, 4.69) is 41.7 Å². The van der Waals surface area contributed by atoms with Crippen molar-refractivity contribution < 1.29 is 4.74 Å². The Labute approximate surface area is 114 Å². The van der Waals surface area contributed by atoms with Crippen molar-refractivity contribution >= 4 is 10.8 Å². The lowest BCUT2D eigenvalue weighted by Gasteiger charge is -2.18. The maximum Gasteiger partial charge on any atom is 0.124 e. The fourth-order valence-corrected chi connectivity index (χ4v) is 2.97. The molecule has 2 aromatic rings. The van der Waals surface area contributed by atoms with Crippen LogP contribution in [0.5, 0.6) is 5.75 Å². The third-order valence-corrected chi connectivity index (χ3v) is 3.95. The summed E-state index contributed by atoms with van der Waals surface area (Å²) in [5, 5.41) is 5.84. The Morgan fingerprint density at radius 2 is 1.89 bits per heavy atom. The first-order valence-electron chi connectivity index (χ1n) is 7.20. The molecule has 1 aliphatic rings. The van der Waals surface area contributed by atoms with Gasteiger partial charge in [-0.2, -0.15) is 0 Å². The molecule has 1 aliphatic carbocycles. The molecule has 1 fully saturated rings. The summed E-state index contributed by atoms with van der Waals surface area (Å²) in [6.07, 6.45) is 5.42. The molecular formula is C17H21NO. The number of rotatable bonds is 4. The molecule has 0 spiro atoms. The highest BCUT2D eigenvalue weighted by molar-refractivity contribution is 5.87. The van der Waals surface area contributed by atoms with Crippen molar-refractivity contribution in [2.75, 3.05) is 7.05 Å². The average Bonchev–Trinajstić information content (AvgIpc) is 2.94. The fraction of sp³-hybridized carbons (Fsp3) is 0.412. The highest BCUT2D eigenvalue weighted by atomic mass is 16.5. The van der Waals surface area contributed by atoms with E-state index >= 15 is 0 Å².